The maximum Gasteiger partial charge on any atom is 0.119 e. The number of ether oxygens (including phenoxy) is 2. The Labute approximate surface area is 209 Å². The fourth-order valence-corrected chi connectivity index (χ4v) is 3.78. The Kier molecular flexibility index (Phi) is 18.5. The van der Waals surface area contributed by atoms with Gasteiger partial charge in [0.1, 0.15) is 11.5 Å². The van der Waals surface area contributed by atoms with E-state index in [-0.39, 0.29) is 0 Å². The van der Waals surface area contributed by atoms with Crippen LogP contribution in [0.15, 0.2) is 48.5 Å². The molecule has 0 bridgehead atoms. The van der Waals surface area contributed by atoms with Crippen LogP contribution < -0.4 is 20.9 Å². The van der Waals surface area contributed by atoms with Crippen LogP contribution in [0, 0.1) is 0 Å². The van der Waals surface area contributed by atoms with Crippen LogP contribution in [0.3, 0.4) is 0 Å². The molecule has 4 heteroatoms. The first kappa shape index (κ1) is 29.7. The summed E-state index contributed by atoms with van der Waals surface area (Å²) in [6.45, 7) is 5.76. The van der Waals surface area contributed by atoms with Crippen molar-refractivity contribution in [1.29, 1.82) is 0 Å². The van der Waals surface area contributed by atoms with Gasteiger partial charge in [-0.1, -0.05) is 90.4 Å². The normalized spacial score (nSPS) is 10.4. The molecular formula is C30H50N2O2. The molecule has 4 N–H and O–H groups in total. The van der Waals surface area contributed by atoms with E-state index in [1.54, 1.807) is 0 Å². The zero-order valence-electron chi connectivity index (χ0n) is 21.9. The van der Waals surface area contributed by atoms with Gasteiger partial charge in [0.2, 0.25) is 0 Å². The predicted octanol–water partition coefficient (Wildman–Crippen LogP) is 8.80. The van der Waals surface area contributed by atoms with Crippen LogP contribution in [0.2, 0.25) is 0 Å². The summed E-state index contributed by atoms with van der Waals surface area (Å²) < 4.78 is 10.9. The van der Waals surface area contributed by atoms with E-state index in [0.29, 0.717) is 6.61 Å². The highest BCUT2D eigenvalue weighted by Gasteiger charge is 1.96. The second-order valence-electron chi connectivity index (χ2n) is 9.02. The lowest BCUT2D eigenvalue weighted by Crippen LogP contribution is -1.97. The fourth-order valence-electron chi connectivity index (χ4n) is 3.78. The molecule has 34 heavy (non-hydrogen) atoms. The smallest absolute Gasteiger partial charge is 0.119 e. The van der Waals surface area contributed by atoms with Gasteiger partial charge in [-0.25, -0.2) is 0 Å². The molecule has 2 rings (SSSR count). The van der Waals surface area contributed by atoms with Crippen molar-refractivity contribution in [3.8, 4) is 11.5 Å². The standard InChI is InChI=1S/C22H39NO.C8H11NO/c1-2-3-4-5-6-7-8-9-10-11-12-13-14-15-20-24-22-18-16-21(23)17-19-22;1-2-10-8-5-3-7(9)4-6-8/h16-19H,2-15,20,23H2,1H3;3-6H,2,9H2,1H3. The summed E-state index contributed by atoms with van der Waals surface area (Å²) in [5, 5.41) is 0. The summed E-state index contributed by atoms with van der Waals surface area (Å²) in [7, 11) is 0. The maximum absolute atomic E-state index is 5.71. The zero-order valence-corrected chi connectivity index (χ0v) is 21.9. The molecule has 0 amide bonds. The van der Waals surface area contributed by atoms with Gasteiger partial charge in [0.25, 0.3) is 0 Å². The Hall–Kier alpha value is -2.36. The van der Waals surface area contributed by atoms with Gasteiger partial charge in [-0.3, -0.25) is 0 Å². The first-order chi connectivity index (χ1) is 16.7. The third-order valence-electron chi connectivity index (χ3n) is 5.84. The van der Waals surface area contributed by atoms with Crippen molar-refractivity contribution in [2.45, 2.75) is 104 Å². The Balaban J connectivity index is 0.000000479. The molecule has 0 spiro atoms. The minimum atomic E-state index is 0.698. The molecule has 192 valence electrons. The first-order valence-corrected chi connectivity index (χ1v) is 13.6. The van der Waals surface area contributed by atoms with Gasteiger partial charge in [0, 0.05) is 11.4 Å². The minimum Gasteiger partial charge on any atom is -0.494 e. The SMILES string of the molecule is CCCCCCCCCCCCCCCCOc1ccc(N)cc1.CCOc1ccc(N)cc1. The van der Waals surface area contributed by atoms with Gasteiger partial charge < -0.3 is 20.9 Å². The lowest BCUT2D eigenvalue weighted by Gasteiger charge is -2.06. The lowest BCUT2D eigenvalue weighted by molar-refractivity contribution is 0.304. The topological polar surface area (TPSA) is 70.5 Å². The first-order valence-electron chi connectivity index (χ1n) is 13.6. The molecule has 0 aromatic heterocycles. The van der Waals surface area contributed by atoms with Crippen molar-refractivity contribution in [1.82, 2.24) is 0 Å². The fraction of sp³-hybridized carbons (Fsp3) is 0.600. The Morgan fingerprint density at radius 3 is 1.21 bits per heavy atom. The van der Waals surface area contributed by atoms with Crippen molar-refractivity contribution in [3.05, 3.63) is 48.5 Å². The Morgan fingerprint density at radius 1 is 0.471 bits per heavy atom. The zero-order chi connectivity index (χ0) is 24.7. The second-order valence-corrected chi connectivity index (χ2v) is 9.02. The highest BCUT2D eigenvalue weighted by Crippen LogP contribution is 2.15. The number of nitrogen functional groups attached to an aromatic ring is 2. The van der Waals surface area contributed by atoms with Gasteiger partial charge in [-0.05, 0) is 61.9 Å². The lowest BCUT2D eigenvalue weighted by atomic mass is 10.0. The molecule has 2 aromatic rings. The third-order valence-corrected chi connectivity index (χ3v) is 5.84. The summed E-state index contributed by atoms with van der Waals surface area (Å²) >= 11 is 0. The van der Waals surface area contributed by atoms with E-state index in [0.717, 1.165) is 35.9 Å². The van der Waals surface area contributed by atoms with Crippen molar-refractivity contribution >= 4 is 11.4 Å². The van der Waals surface area contributed by atoms with Crippen LogP contribution in [-0.4, -0.2) is 13.2 Å². The molecule has 0 aliphatic heterocycles. The van der Waals surface area contributed by atoms with E-state index >= 15 is 0 Å². The summed E-state index contributed by atoms with van der Waals surface area (Å²) in [5.41, 5.74) is 12.7. The molecule has 4 nitrogen and oxygen atoms in total. The van der Waals surface area contributed by atoms with Crippen molar-refractivity contribution in [3.63, 3.8) is 0 Å². The molecule has 0 unspecified atom stereocenters. The average molecular weight is 471 g/mol. The molecule has 2 aromatic carbocycles. The predicted molar refractivity (Wildman–Crippen MR) is 149 cm³/mol. The van der Waals surface area contributed by atoms with Crippen LogP contribution in [-0.2, 0) is 0 Å². The van der Waals surface area contributed by atoms with Crippen LogP contribution in [0.5, 0.6) is 11.5 Å². The molecule has 0 saturated carbocycles. The second kappa shape index (κ2) is 21.2. The van der Waals surface area contributed by atoms with E-state index < -0.39 is 0 Å². The number of anilines is 2. The van der Waals surface area contributed by atoms with Crippen LogP contribution >= 0.6 is 0 Å². The number of benzene rings is 2. The third kappa shape index (κ3) is 17.2. The number of rotatable bonds is 18. The van der Waals surface area contributed by atoms with Gasteiger partial charge in [0.05, 0.1) is 13.2 Å². The molecule has 0 radical (unpaired) electrons. The summed E-state index contributed by atoms with van der Waals surface area (Å²) in [4.78, 5) is 0. The molecule has 0 heterocycles. The van der Waals surface area contributed by atoms with Gasteiger partial charge in [-0.2, -0.15) is 0 Å². The van der Waals surface area contributed by atoms with E-state index in [2.05, 4.69) is 6.92 Å². The average Bonchev–Trinajstić information content (AvgIpc) is 2.85. The highest BCUT2D eigenvalue weighted by atomic mass is 16.5. The largest absolute Gasteiger partial charge is 0.494 e. The van der Waals surface area contributed by atoms with E-state index in [1.807, 2.05) is 55.5 Å². The number of hydrogen-bond acceptors (Lipinski definition) is 4. The van der Waals surface area contributed by atoms with Crippen molar-refractivity contribution < 1.29 is 9.47 Å². The Morgan fingerprint density at radius 2 is 0.824 bits per heavy atom. The quantitative estimate of drug-likeness (QED) is 0.169. The number of hydrogen-bond donors (Lipinski definition) is 2. The molecule has 0 aliphatic rings. The van der Waals surface area contributed by atoms with Crippen LogP contribution in [0.25, 0.3) is 0 Å². The van der Waals surface area contributed by atoms with Gasteiger partial charge in [0.15, 0.2) is 0 Å². The summed E-state index contributed by atoms with van der Waals surface area (Å²) in [6, 6.07) is 15.0. The molecule has 0 saturated heterocycles. The maximum atomic E-state index is 5.71. The highest BCUT2D eigenvalue weighted by molar-refractivity contribution is 5.42. The monoisotopic (exact) mass is 470 g/mol. The van der Waals surface area contributed by atoms with Crippen molar-refractivity contribution in [2.24, 2.45) is 0 Å². The Bertz CT molecular complexity index is 686. The molecule has 0 fully saturated rings. The summed E-state index contributed by atoms with van der Waals surface area (Å²) in [5.74, 6) is 1.80. The number of nitrogens with two attached hydrogens (primary N) is 2. The molecular weight excluding hydrogens is 420 g/mol. The van der Waals surface area contributed by atoms with Crippen molar-refractivity contribution in [2.75, 3.05) is 24.7 Å². The molecule has 0 atom stereocenters. The molecule has 0 aliphatic carbocycles. The minimum absolute atomic E-state index is 0.698. The van der Waals surface area contributed by atoms with E-state index in [4.69, 9.17) is 20.9 Å². The summed E-state index contributed by atoms with van der Waals surface area (Å²) in [6.07, 6.45) is 19.5. The number of unbranched alkanes of at least 4 members (excludes halogenated alkanes) is 13. The van der Waals surface area contributed by atoms with Crippen LogP contribution in [0.4, 0.5) is 11.4 Å². The van der Waals surface area contributed by atoms with Gasteiger partial charge >= 0.3 is 0 Å². The van der Waals surface area contributed by atoms with Crippen LogP contribution in [0.1, 0.15) is 104 Å². The van der Waals surface area contributed by atoms with Gasteiger partial charge in [-0.15, -0.1) is 0 Å². The van der Waals surface area contributed by atoms with E-state index in [9.17, 15) is 0 Å². The van der Waals surface area contributed by atoms with E-state index in [1.165, 1.54) is 83.5 Å².